The van der Waals surface area contributed by atoms with Crippen molar-refractivity contribution in [3.05, 3.63) is 63.2 Å². The van der Waals surface area contributed by atoms with Gasteiger partial charge in [0, 0.05) is 40.3 Å². The molecule has 35 heavy (non-hydrogen) atoms. The topological polar surface area (TPSA) is 76.1 Å². The van der Waals surface area contributed by atoms with Gasteiger partial charge in [0.1, 0.15) is 5.75 Å². The van der Waals surface area contributed by atoms with Gasteiger partial charge in [0.25, 0.3) is 12.0 Å². The Morgan fingerprint density at radius 2 is 2.00 bits per heavy atom. The fraction of sp³-hybridized carbons (Fsp3) is 0.481. The molecule has 6 nitrogen and oxygen atoms in total. The smallest absolute Gasteiger partial charge is 0.255 e. The Morgan fingerprint density at radius 1 is 1.26 bits per heavy atom. The second kappa shape index (κ2) is 10.3. The van der Waals surface area contributed by atoms with Crippen molar-refractivity contribution in [3.8, 4) is 5.75 Å². The lowest BCUT2D eigenvalue weighted by atomic mass is 9.86. The number of H-pyrrole nitrogens is 1. The molecule has 3 heterocycles. The van der Waals surface area contributed by atoms with Crippen LogP contribution < -0.4 is 15.6 Å². The number of alkyl halides is 2. The van der Waals surface area contributed by atoms with Gasteiger partial charge in [-0.1, -0.05) is 18.2 Å². The third kappa shape index (κ3) is 4.89. The fourth-order valence-corrected chi connectivity index (χ4v) is 5.56. The first kappa shape index (κ1) is 25.1. The average Bonchev–Trinajstić information content (AvgIpc) is 3.14. The molecule has 1 aromatic carbocycles. The summed E-state index contributed by atoms with van der Waals surface area (Å²) in [6, 6.07) is 8.66. The number of fused-ring (bicyclic) bond motifs is 1. The molecule has 0 aliphatic carbocycles. The summed E-state index contributed by atoms with van der Waals surface area (Å²) in [5.41, 5.74) is 3.30. The van der Waals surface area contributed by atoms with E-state index in [1.165, 1.54) is 7.11 Å². The number of Topliss-reactive ketones (excluding diaryl/α,β-unsaturated/α-hetero) is 1. The largest absolute Gasteiger partial charge is 0.496 e. The first-order valence-electron chi connectivity index (χ1n) is 12.1. The molecule has 0 spiro atoms. The number of nitrogens with one attached hydrogen (secondary N) is 2. The normalized spacial score (nSPS) is 19.3. The van der Waals surface area contributed by atoms with Gasteiger partial charge in [-0.3, -0.25) is 9.59 Å². The summed E-state index contributed by atoms with van der Waals surface area (Å²) in [6.07, 6.45) is -0.783. The number of ketones is 1. The zero-order valence-corrected chi connectivity index (χ0v) is 20.7. The first-order valence-corrected chi connectivity index (χ1v) is 12.1. The lowest BCUT2D eigenvalue weighted by Gasteiger charge is -2.35. The zero-order valence-electron chi connectivity index (χ0n) is 20.7. The van der Waals surface area contributed by atoms with Gasteiger partial charge in [0.05, 0.1) is 18.7 Å². The second-order valence-corrected chi connectivity index (χ2v) is 9.52. The summed E-state index contributed by atoms with van der Waals surface area (Å²) in [4.78, 5) is 28.8. The number of hydrogen-bond donors (Lipinski definition) is 2. The van der Waals surface area contributed by atoms with E-state index in [-0.39, 0.29) is 36.1 Å². The maximum atomic E-state index is 13.5. The first-order chi connectivity index (χ1) is 16.7. The van der Waals surface area contributed by atoms with Gasteiger partial charge >= 0.3 is 0 Å². The van der Waals surface area contributed by atoms with E-state index in [0.717, 1.165) is 23.0 Å². The average molecular weight is 486 g/mol. The standard InChI is InChI=1S/C27H33F2N3O3/c1-15-13-24(35-4)20(27(34)31-15)9-10-23(33)25-17(3)32(22-8-6-5-7-19(22)25)16(2)18-11-12-30-21(14-18)26(28)29/h5-8,13,16,18,21,26,30H,9-12,14H2,1-4H3,(H,31,34). The molecular formula is C27H33F2N3O3. The van der Waals surface area contributed by atoms with Gasteiger partial charge < -0.3 is 19.6 Å². The third-order valence-electron chi connectivity index (χ3n) is 7.36. The molecular weight excluding hydrogens is 452 g/mol. The maximum absolute atomic E-state index is 13.5. The number of methoxy groups -OCH3 is 1. The Kier molecular flexibility index (Phi) is 7.40. The molecule has 8 heteroatoms. The number of para-hydroxylation sites is 1. The number of hydrogen-bond acceptors (Lipinski definition) is 4. The number of aromatic amines is 1. The number of rotatable bonds is 8. The van der Waals surface area contributed by atoms with Gasteiger partial charge in [-0.05, 0) is 64.6 Å². The minimum atomic E-state index is -2.40. The quantitative estimate of drug-likeness (QED) is 0.442. The van der Waals surface area contributed by atoms with Crippen molar-refractivity contribution in [2.75, 3.05) is 13.7 Å². The number of benzene rings is 1. The molecule has 1 aliphatic rings. The Morgan fingerprint density at radius 3 is 2.71 bits per heavy atom. The third-order valence-corrected chi connectivity index (χ3v) is 7.36. The lowest BCUT2D eigenvalue weighted by Crippen LogP contribution is -2.44. The molecule has 1 saturated heterocycles. The van der Waals surface area contributed by atoms with Crippen LogP contribution >= 0.6 is 0 Å². The summed E-state index contributed by atoms with van der Waals surface area (Å²) >= 11 is 0. The van der Waals surface area contributed by atoms with Gasteiger partial charge in [-0.25, -0.2) is 8.78 Å². The minimum absolute atomic E-state index is 0.0372. The number of aromatic nitrogens is 2. The van der Waals surface area contributed by atoms with E-state index >= 15 is 0 Å². The highest BCUT2D eigenvalue weighted by Crippen LogP contribution is 2.37. The van der Waals surface area contributed by atoms with Gasteiger partial charge in [-0.15, -0.1) is 0 Å². The van der Waals surface area contributed by atoms with Crippen LogP contribution in [0.3, 0.4) is 0 Å². The zero-order chi connectivity index (χ0) is 25.3. The molecule has 0 saturated carbocycles. The van der Waals surface area contributed by atoms with Crippen LogP contribution in [0.5, 0.6) is 5.75 Å². The molecule has 1 fully saturated rings. The van der Waals surface area contributed by atoms with E-state index in [4.69, 9.17) is 4.74 Å². The Bertz CT molecular complexity index is 1280. The van der Waals surface area contributed by atoms with Crippen LogP contribution in [0.1, 0.15) is 59.5 Å². The van der Waals surface area contributed by atoms with Gasteiger partial charge in [0.2, 0.25) is 0 Å². The van der Waals surface area contributed by atoms with Crippen molar-refractivity contribution in [3.63, 3.8) is 0 Å². The predicted molar refractivity (Wildman–Crippen MR) is 133 cm³/mol. The van der Waals surface area contributed by atoms with E-state index in [2.05, 4.69) is 21.8 Å². The lowest BCUT2D eigenvalue weighted by molar-refractivity contribution is 0.0644. The predicted octanol–water partition coefficient (Wildman–Crippen LogP) is 4.96. The molecule has 3 unspecified atom stereocenters. The van der Waals surface area contributed by atoms with Crippen LogP contribution in [-0.4, -0.2) is 41.5 Å². The van der Waals surface area contributed by atoms with Crippen LogP contribution in [0.15, 0.2) is 35.1 Å². The molecule has 0 bridgehead atoms. The van der Waals surface area contributed by atoms with Crippen molar-refractivity contribution in [1.82, 2.24) is 14.9 Å². The van der Waals surface area contributed by atoms with Crippen LogP contribution in [0, 0.1) is 19.8 Å². The highest BCUT2D eigenvalue weighted by molar-refractivity contribution is 6.09. The van der Waals surface area contributed by atoms with Crippen molar-refractivity contribution < 1.29 is 18.3 Å². The van der Waals surface area contributed by atoms with Crippen LogP contribution in [0.4, 0.5) is 8.78 Å². The molecule has 188 valence electrons. The van der Waals surface area contributed by atoms with E-state index in [9.17, 15) is 18.4 Å². The summed E-state index contributed by atoms with van der Waals surface area (Å²) in [7, 11) is 1.51. The number of aryl methyl sites for hydroxylation is 1. The summed E-state index contributed by atoms with van der Waals surface area (Å²) < 4.78 is 34.3. The van der Waals surface area contributed by atoms with E-state index < -0.39 is 12.5 Å². The highest BCUT2D eigenvalue weighted by Gasteiger charge is 2.33. The minimum Gasteiger partial charge on any atom is -0.496 e. The summed E-state index contributed by atoms with van der Waals surface area (Å²) in [5, 5.41) is 3.78. The molecule has 0 amide bonds. The number of carbonyl (C=O) groups is 1. The molecule has 1 aliphatic heterocycles. The molecule has 2 aromatic heterocycles. The number of piperidine rings is 1. The summed E-state index contributed by atoms with van der Waals surface area (Å²) in [5.74, 6) is 0.497. The molecule has 0 radical (unpaired) electrons. The van der Waals surface area contributed by atoms with E-state index in [1.54, 1.807) is 13.0 Å². The Hall–Kier alpha value is -3.00. The van der Waals surface area contributed by atoms with Crippen LogP contribution in [-0.2, 0) is 6.42 Å². The fourth-order valence-electron chi connectivity index (χ4n) is 5.56. The maximum Gasteiger partial charge on any atom is 0.255 e. The van der Waals surface area contributed by atoms with Gasteiger partial charge in [-0.2, -0.15) is 0 Å². The molecule has 4 rings (SSSR count). The summed E-state index contributed by atoms with van der Waals surface area (Å²) in [6.45, 7) is 6.32. The van der Waals surface area contributed by atoms with Crippen molar-refractivity contribution in [2.45, 2.75) is 65.0 Å². The van der Waals surface area contributed by atoms with Crippen LogP contribution in [0.2, 0.25) is 0 Å². The number of halogens is 2. The highest BCUT2D eigenvalue weighted by atomic mass is 19.3. The second-order valence-electron chi connectivity index (χ2n) is 9.52. The van der Waals surface area contributed by atoms with Crippen LogP contribution in [0.25, 0.3) is 10.9 Å². The number of carbonyl (C=O) groups excluding carboxylic acids is 1. The molecule has 2 N–H and O–H groups in total. The Balaban J connectivity index is 1.65. The van der Waals surface area contributed by atoms with E-state index in [0.29, 0.717) is 35.5 Å². The monoisotopic (exact) mass is 485 g/mol. The van der Waals surface area contributed by atoms with E-state index in [1.807, 2.05) is 31.2 Å². The Labute approximate surface area is 203 Å². The van der Waals surface area contributed by atoms with Gasteiger partial charge in [0.15, 0.2) is 5.78 Å². The van der Waals surface area contributed by atoms with Crippen molar-refractivity contribution in [1.29, 1.82) is 0 Å². The SMILES string of the molecule is COc1cc(C)[nH]c(=O)c1CCC(=O)c1c(C)n(C(C)C2CCNC(C(F)F)C2)c2ccccc12. The number of nitrogens with zero attached hydrogens (tertiary/aromatic N) is 1. The number of ether oxygens (including phenoxy) is 1. The van der Waals surface area contributed by atoms with Crippen molar-refractivity contribution in [2.24, 2.45) is 5.92 Å². The number of pyridine rings is 1. The molecule has 3 aromatic rings. The molecule has 3 atom stereocenters. The van der Waals surface area contributed by atoms with Crippen molar-refractivity contribution >= 4 is 16.7 Å².